The van der Waals surface area contributed by atoms with Crippen LogP contribution >= 0.6 is 0 Å². The maximum Gasteiger partial charge on any atom is 0.106 e. The van der Waals surface area contributed by atoms with Gasteiger partial charge in [-0.2, -0.15) is 0 Å². The number of rotatable bonds is 6. The second kappa shape index (κ2) is 7.66. The highest BCUT2D eigenvalue weighted by Gasteiger charge is 2.22. The van der Waals surface area contributed by atoms with Crippen molar-refractivity contribution in [2.24, 2.45) is 0 Å². The first-order valence-electron chi connectivity index (χ1n) is 7.65. The molecule has 0 spiro atoms. The van der Waals surface area contributed by atoms with Crippen LogP contribution in [0.1, 0.15) is 56.8 Å². The molecule has 2 atom stereocenters. The van der Waals surface area contributed by atoms with Crippen LogP contribution < -0.4 is 0 Å². The highest BCUT2D eigenvalue weighted by molar-refractivity contribution is 5.24. The van der Waals surface area contributed by atoms with E-state index >= 15 is 0 Å². The van der Waals surface area contributed by atoms with Crippen molar-refractivity contribution in [3.63, 3.8) is 0 Å². The standard InChI is InChI=1S/C17H26O2/c1-3-5-6-7-16-12-19-17(13-18-16)15-10-8-14(4-2)9-11-15/h8-11,16-17H,3-7,12-13H2,1-2H3/t16-,17-/m1/s1. The lowest BCUT2D eigenvalue weighted by atomic mass is 10.0. The smallest absolute Gasteiger partial charge is 0.106 e. The summed E-state index contributed by atoms with van der Waals surface area (Å²) < 4.78 is 11.9. The van der Waals surface area contributed by atoms with Gasteiger partial charge in [-0.25, -0.2) is 0 Å². The normalized spacial score (nSPS) is 23.5. The van der Waals surface area contributed by atoms with Gasteiger partial charge in [-0.1, -0.05) is 57.4 Å². The van der Waals surface area contributed by atoms with Crippen LogP contribution in [0.3, 0.4) is 0 Å². The van der Waals surface area contributed by atoms with Crippen molar-refractivity contribution in [3.8, 4) is 0 Å². The number of aryl methyl sites for hydroxylation is 1. The largest absolute Gasteiger partial charge is 0.373 e. The Balaban J connectivity index is 1.78. The van der Waals surface area contributed by atoms with E-state index in [9.17, 15) is 0 Å². The zero-order valence-corrected chi connectivity index (χ0v) is 12.2. The van der Waals surface area contributed by atoms with Gasteiger partial charge in [-0.05, 0) is 24.0 Å². The molecule has 1 heterocycles. The molecule has 2 rings (SSSR count). The lowest BCUT2D eigenvalue weighted by Gasteiger charge is -2.30. The maximum atomic E-state index is 5.96. The van der Waals surface area contributed by atoms with Crippen molar-refractivity contribution in [2.75, 3.05) is 13.2 Å². The fourth-order valence-electron chi connectivity index (χ4n) is 2.49. The third kappa shape index (κ3) is 4.32. The Hall–Kier alpha value is -0.860. The Labute approximate surface area is 117 Å². The molecular formula is C17H26O2. The van der Waals surface area contributed by atoms with Gasteiger partial charge in [0.2, 0.25) is 0 Å². The molecule has 1 fully saturated rings. The van der Waals surface area contributed by atoms with Gasteiger partial charge in [0, 0.05) is 0 Å². The lowest BCUT2D eigenvalue weighted by molar-refractivity contribution is -0.137. The molecule has 0 radical (unpaired) electrons. The molecule has 2 nitrogen and oxygen atoms in total. The summed E-state index contributed by atoms with van der Waals surface area (Å²) in [6, 6.07) is 8.71. The molecule has 0 bridgehead atoms. The van der Waals surface area contributed by atoms with Gasteiger partial charge in [0.25, 0.3) is 0 Å². The minimum atomic E-state index is 0.119. The van der Waals surface area contributed by atoms with Crippen molar-refractivity contribution < 1.29 is 9.47 Å². The van der Waals surface area contributed by atoms with Gasteiger partial charge in [-0.3, -0.25) is 0 Å². The second-order valence-corrected chi connectivity index (χ2v) is 5.37. The quantitative estimate of drug-likeness (QED) is 0.712. The summed E-state index contributed by atoms with van der Waals surface area (Å²) in [5, 5.41) is 0. The van der Waals surface area contributed by atoms with Crippen LogP contribution in [0, 0.1) is 0 Å². The van der Waals surface area contributed by atoms with Gasteiger partial charge in [0.1, 0.15) is 6.10 Å². The Morgan fingerprint density at radius 1 is 1.00 bits per heavy atom. The van der Waals surface area contributed by atoms with E-state index < -0.39 is 0 Å². The molecule has 0 saturated carbocycles. The summed E-state index contributed by atoms with van der Waals surface area (Å²) >= 11 is 0. The van der Waals surface area contributed by atoms with Crippen LogP contribution in [-0.4, -0.2) is 19.3 Å². The highest BCUT2D eigenvalue weighted by Crippen LogP contribution is 2.25. The zero-order chi connectivity index (χ0) is 13.5. The number of hydrogen-bond acceptors (Lipinski definition) is 2. The van der Waals surface area contributed by atoms with Crippen molar-refractivity contribution in [3.05, 3.63) is 35.4 Å². The molecule has 106 valence electrons. The zero-order valence-electron chi connectivity index (χ0n) is 12.2. The van der Waals surface area contributed by atoms with E-state index in [4.69, 9.17) is 9.47 Å². The molecule has 2 heteroatoms. The number of unbranched alkanes of at least 4 members (excludes halogenated alkanes) is 2. The van der Waals surface area contributed by atoms with Crippen LogP contribution in [0.5, 0.6) is 0 Å². The summed E-state index contributed by atoms with van der Waals surface area (Å²) in [5.41, 5.74) is 2.61. The predicted molar refractivity (Wildman–Crippen MR) is 78.4 cm³/mol. The Morgan fingerprint density at radius 3 is 2.37 bits per heavy atom. The number of hydrogen-bond donors (Lipinski definition) is 0. The third-order valence-electron chi connectivity index (χ3n) is 3.86. The SMILES string of the molecule is CCCCC[C@@H]1CO[C@@H](c2ccc(CC)cc2)CO1. The van der Waals surface area contributed by atoms with E-state index in [-0.39, 0.29) is 6.10 Å². The molecule has 19 heavy (non-hydrogen) atoms. The van der Waals surface area contributed by atoms with E-state index in [0.29, 0.717) is 12.7 Å². The molecule has 1 aliphatic heterocycles. The summed E-state index contributed by atoms with van der Waals surface area (Å²) in [4.78, 5) is 0. The summed E-state index contributed by atoms with van der Waals surface area (Å²) in [5.74, 6) is 0. The van der Waals surface area contributed by atoms with Gasteiger partial charge >= 0.3 is 0 Å². The van der Waals surface area contributed by atoms with Crippen molar-refractivity contribution in [2.45, 2.75) is 58.2 Å². The van der Waals surface area contributed by atoms with E-state index in [2.05, 4.69) is 38.1 Å². The van der Waals surface area contributed by atoms with Gasteiger partial charge in [0.05, 0.1) is 19.3 Å². The summed E-state index contributed by atoms with van der Waals surface area (Å²) in [6.07, 6.45) is 6.45. The fraction of sp³-hybridized carbons (Fsp3) is 0.647. The first kappa shape index (κ1) is 14.5. The van der Waals surface area contributed by atoms with Crippen molar-refractivity contribution in [1.29, 1.82) is 0 Å². The maximum absolute atomic E-state index is 5.96. The van der Waals surface area contributed by atoms with Gasteiger partial charge in [-0.15, -0.1) is 0 Å². The van der Waals surface area contributed by atoms with Crippen LogP contribution in [0.15, 0.2) is 24.3 Å². The molecule has 0 N–H and O–H groups in total. The van der Waals surface area contributed by atoms with Crippen molar-refractivity contribution in [1.82, 2.24) is 0 Å². The van der Waals surface area contributed by atoms with Crippen LogP contribution in [0.4, 0.5) is 0 Å². The third-order valence-corrected chi connectivity index (χ3v) is 3.86. The second-order valence-electron chi connectivity index (χ2n) is 5.37. The molecular weight excluding hydrogens is 236 g/mol. The topological polar surface area (TPSA) is 18.5 Å². The van der Waals surface area contributed by atoms with Crippen LogP contribution in [0.2, 0.25) is 0 Å². The van der Waals surface area contributed by atoms with Crippen LogP contribution in [-0.2, 0) is 15.9 Å². The summed E-state index contributed by atoms with van der Waals surface area (Å²) in [7, 11) is 0. The Morgan fingerprint density at radius 2 is 1.79 bits per heavy atom. The molecule has 1 aromatic rings. The molecule has 1 aliphatic rings. The first-order valence-corrected chi connectivity index (χ1v) is 7.65. The van der Waals surface area contributed by atoms with Gasteiger partial charge in [0.15, 0.2) is 0 Å². The Kier molecular flexibility index (Phi) is 5.87. The minimum Gasteiger partial charge on any atom is -0.373 e. The van der Waals surface area contributed by atoms with Gasteiger partial charge < -0.3 is 9.47 Å². The fourth-order valence-corrected chi connectivity index (χ4v) is 2.49. The number of benzene rings is 1. The molecule has 1 aromatic carbocycles. The Bertz CT molecular complexity index is 350. The van der Waals surface area contributed by atoms with E-state index in [1.54, 1.807) is 0 Å². The molecule has 0 aliphatic carbocycles. The average Bonchev–Trinajstić information content (AvgIpc) is 2.48. The predicted octanol–water partition coefficient (Wildman–Crippen LogP) is 4.29. The van der Waals surface area contributed by atoms with E-state index in [0.717, 1.165) is 19.4 Å². The van der Waals surface area contributed by atoms with Crippen LogP contribution in [0.25, 0.3) is 0 Å². The monoisotopic (exact) mass is 262 g/mol. The lowest BCUT2D eigenvalue weighted by Crippen LogP contribution is -2.31. The van der Waals surface area contributed by atoms with E-state index in [1.807, 2.05) is 0 Å². The molecule has 0 unspecified atom stereocenters. The molecule has 0 amide bonds. The summed E-state index contributed by atoms with van der Waals surface area (Å²) in [6.45, 7) is 5.84. The minimum absolute atomic E-state index is 0.119. The van der Waals surface area contributed by atoms with E-state index in [1.165, 1.54) is 30.4 Å². The first-order chi connectivity index (χ1) is 9.33. The van der Waals surface area contributed by atoms with Crippen molar-refractivity contribution >= 4 is 0 Å². The average molecular weight is 262 g/mol. The number of ether oxygens (including phenoxy) is 2. The molecule has 0 aromatic heterocycles. The molecule has 1 saturated heterocycles. The highest BCUT2D eigenvalue weighted by atomic mass is 16.6.